The second-order valence-electron chi connectivity index (χ2n) is 4.60. The summed E-state index contributed by atoms with van der Waals surface area (Å²) in [4.78, 5) is 26.3. The number of Topliss-reactive ketones (excluding diaryl/α,β-unsaturated/α-hetero) is 1. The second-order valence-corrected chi connectivity index (χ2v) is 5.58. The van der Waals surface area contributed by atoms with Gasteiger partial charge in [0.15, 0.2) is 5.78 Å². The van der Waals surface area contributed by atoms with Crippen molar-refractivity contribution in [2.45, 2.75) is 13.5 Å². The maximum absolute atomic E-state index is 11.5. The standard InChI is InChI=1S/C15H15N3O4S/c1-9(19)15(16)11-6-10(22-8-13-17-4-5-23-13)2-3-12(11)18-7-14(20)21/h2-6,16,18H,7-8H2,1H3,(H,20,21). The molecular weight excluding hydrogens is 318 g/mol. The molecule has 0 saturated heterocycles. The Balaban J connectivity index is 2.21. The smallest absolute Gasteiger partial charge is 0.322 e. The number of rotatable bonds is 8. The molecule has 0 unspecified atom stereocenters. The highest BCUT2D eigenvalue weighted by atomic mass is 32.1. The number of nitrogens with one attached hydrogen (secondary N) is 2. The monoisotopic (exact) mass is 333 g/mol. The van der Waals surface area contributed by atoms with Gasteiger partial charge >= 0.3 is 5.97 Å². The Morgan fingerprint density at radius 2 is 2.22 bits per heavy atom. The van der Waals surface area contributed by atoms with Crippen LogP contribution in [0.3, 0.4) is 0 Å². The minimum Gasteiger partial charge on any atom is -0.486 e. The Hall–Kier alpha value is -2.74. The van der Waals surface area contributed by atoms with E-state index in [9.17, 15) is 9.59 Å². The first-order valence-corrected chi connectivity index (χ1v) is 7.56. The molecular formula is C15H15N3O4S. The van der Waals surface area contributed by atoms with Gasteiger partial charge in [-0.05, 0) is 18.2 Å². The molecule has 0 aliphatic heterocycles. The zero-order chi connectivity index (χ0) is 16.8. The fraction of sp³-hybridized carbons (Fsp3) is 0.200. The van der Waals surface area contributed by atoms with Crippen LogP contribution >= 0.6 is 11.3 Å². The van der Waals surface area contributed by atoms with Gasteiger partial charge in [-0.25, -0.2) is 4.98 Å². The average Bonchev–Trinajstić information content (AvgIpc) is 3.03. The third-order valence-corrected chi connectivity index (χ3v) is 3.64. The van der Waals surface area contributed by atoms with Crippen LogP contribution in [0, 0.1) is 5.41 Å². The molecule has 0 bridgehead atoms. The lowest BCUT2D eigenvalue weighted by Crippen LogP contribution is -2.17. The molecule has 1 aromatic carbocycles. The predicted molar refractivity (Wildman–Crippen MR) is 86.5 cm³/mol. The van der Waals surface area contributed by atoms with Gasteiger partial charge in [0.2, 0.25) is 0 Å². The molecule has 8 heteroatoms. The van der Waals surface area contributed by atoms with Gasteiger partial charge in [-0.15, -0.1) is 11.3 Å². The molecule has 0 aliphatic rings. The zero-order valence-electron chi connectivity index (χ0n) is 12.3. The Morgan fingerprint density at radius 1 is 1.43 bits per heavy atom. The summed E-state index contributed by atoms with van der Waals surface area (Å²) in [6.07, 6.45) is 1.68. The molecule has 3 N–H and O–H groups in total. The third-order valence-electron chi connectivity index (χ3n) is 2.89. The topological polar surface area (TPSA) is 112 Å². The number of carbonyl (C=O) groups is 2. The molecule has 7 nitrogen and oxygen atoms in total. The number of carboxylic acid groups (broad SMARTS) is 1. The number of anilines is 1. The summed E-state index contributed by atoms with van der Waals surface area (Å²) in [6, 6.07) is 4.78. The summed E-state index contributed by atoms with van der Waals surface area (Å²) in [6.45, 7) is 1.26. The Bertz CT molecular complexity index is 728. The van der Waals surface area contributed by atoms with Crippen molar-refractivity contribution in [1.82, 2.24) is 4.98 Å². The van der Waals surface area contributed by atoms with Gasteiger partial charge in [-0.3, -0.25) is 15.0 Å². The van der Waals surface area contributed by atoms with E-state index in [0.29, 0.717) is 17.0 Å². The van der Waals surface area contributed by atoms with Gasteiger partial charge < -0.3 is 15.2 Å². The molecule has 0 saturated carbocycles. The Morgan fingerprint density at radius 3 is 2.83 bits per heavy atom. The van der Waals surface area contributed by atoms with Crippen molar-refractivity contribution in [2.75, 3.05) is 11.9 Å². The lowest BCUT2D eigenvalue weighted by molar-refractivity contribution is -0.134. The number of aromatic nitrogens is 1. The maximum atomic E-state index is 11.5. The molecule has 23 heavy (non-hydrogen) atoms. The highest BCUT2D eigenvalue weighted by Crippen LogP contribution is 2.24. The number of ketones is 1. The highest BCUT2D eigenvalue weighted by molar-refractivity contribution is 7.09. The van der Waals surface area contributed by atoms with Gasteiger partial charge in [0.05, 0.1) is 0 Å². The Kier molecular flexibility index (Phi) is 5.42. The molecule has 120 valence electrons. The van der Waals surface area contributed by atoms with E-state index in [1.165, 1.54) is 18.3 Å². The first-order valence-electron chi connectivity index (χ1n) is 6.68. The van der Waals surface area contributed by atoms with Crippen molar-refractivity contribution in [3.8, 4) is 5.75 Å². The van der Waals surface area contributed by atoms with Crippen LogP contribution in [0.5, 0.6) is 5.75 Å². The van der Waals surface area contributed by atoms with E-state index in [1.54, 1.807) is 24.4 Å². The van der Waals surface area contributed by atoms with E-state index in [0.717, 1.165) is 5.01 Å². The van der Waals surface area contributed by atoms with E-state index in [1.807, 2.05) is 5.38 Å². The van der Waals surface area contributed by atoms with Gasteiger partial charge in [0, 0.05) is 29.8 Å². The van der Waals surface area contributed by atoms with Crippen molar-refractivity contribution in [3.63, 3.8) is 0 Å². The van der Waals surface area contributed by atoms with Crippen molar-refractivity contribution in [2.24, 2.45) is 0 Å². The van der Waals surface area contributed by atoms with E-state index < -0.39 is 11.8 Å². The van der Waals surface area contributed by atoms with E-state index in [4.69, 9.17) is 15.3 Å². The first kappa shape index (κ1) is 16.6. The number of hydrogen-bond acceptors (Lipinski definition) is 7. The lowest BCUT2D eigenvalue weighted by atomic mass is 10.0. The third kappa shape index (κ3) is 4.62. The van der Waals surface area contributed by atoms with Crippen LogP contribution in [-0.2, 0) is 16.2 Å². The van der Waals surface area contributed by atoms with Gasteiger partial charge in [0.1, 0.15) is 29.6 Å². The molecule has 0 atom stereocenters. The molecule has 1 heterocycles. The maximum Gasteiger partial charge on any atom is 0.322 e. The number of nitrogens with zero attached hydrogens (tertiary/aromatic N) is 1. The molecule has 0 aliphatic carbocycles. The van der Waals surface area contributed by atoms with Crippen LogP contribution in [0.1, 0.15) is 17.5 Å². The van der Waals surface area contributed by atoms with E-state index >= 15 is 0 Å². The molecule has 0 fully saturated rings. The van der Waals surface area contributed by atoms with Gasteiger partial charge in [-0.1, -0.05) is 0 Å². The predicted octanol–water partition coefficient (Wildman–Crippen LogP) is 2.18. The van der Waals surface area contributed by atoms with E-state index in [-0.39, 0.29) is 18.9 Å². The SMILES string of the molecule is CC(=O)C(=N)c1cc(OCc2nccs2)ccc1NCC(=O)O. The quantitative estimate of drug-likeness (QED) is 0.638. The minimum atomic E-state index is -1.03. The van der Waals surface area contributed by atoms with Crippen molar-refractivity contribution in [1.29, 1.82) is 5.41 Å². The number of benzene rings is 1. The summed E-state index contributed by atoms with van der Waals surface area (Å²) in [5.41, 5.74) is 0.488. The number of hydrogen-bond donors (Lipinski definition) is 3. The lowest BCUT2D eigenvalue weighted by Gasteiger charge is -2.13. The van der Waals surface area contributed by atoms with Crippen LogP contribution in [0.15, 0.2) is 29.8 Å². The normalized spacial score (nSPS) is 10.1. The summed E-state index contributed by atoms with van der Waals surface area (Å²) in [5.74, 6) is -0.975. The van der Waals surface area contributed by atoms with Crippen molar-refractivity contribution < 1.29 is 19.4 Å². The number of aliphatic carboxylic acids is 1. The van der Waals surface area contributed by atoms with E-state index in [2.05, 4.69) is 10.3 Å². The molecule has 0 amide bonds. The van der Waals surface area contributed by atoms with Crippen molar-refractivity contribution >= 4 is 34.5 Å². The van der Waals surface area contributed by atoms with Crippen LogP contribution in [0.2, 0.25) is 0 Å². The highest BCUT2D eigenvalue weighted by Gasteiger charge is 2.14. The summed E-state index contributed by atoms with van der Waals surface area (Å²) >= 11 is 1.46. The molecule has 0 spiro atoms. The summed E-state index contributed by atoms with van der Waals surface area (Å²) < 4.78 is 5.60. The minimum absolute atomic E-state index is 0.211. The number of thiazole rings is 1. The first-order chi connectivity index (χ1) is 11.0. The number of ether oxygens (including phenoxy) is 1. The van der Waals surface area contributed by atoms with Gasteiger partial charge in [-0.2, -0.15) is 0 Å². The van der Waals surface area contributed by atoms with Crippen LogP contribution in [0.25, 0.3) is 0 Å². The fourth-order valence-electron chi connectivity index (χ4n) is 1.80. The fourth-order valence-corrected chi connectivity index (χ4v) is 2.33. The largest absolute Gasteiger partial charge is 0.486 e. The molecule has 0 radical (unpaired) electrons. The van der Waals surface area contributed by atoms with Crippen LogP contribution < -0.4 is 10.1 Å². The number of carbonyl (C=O) groups excluding carboxylic acids is 1. The zero-order valence-corrected chi connectivity index (χ0v) is 13.1. The van der Waals surface area contributed by atoms with Crippen LogP contribution in [0.4, 0.5) is 5.69 Å². The van der Waals surface area contributed by atoms with Gasteiger partial charge in [0.25, 0.3) is 0 Å². The molecule has 2 aromatic rings. The molecule has 1 aromatic heterocycles. The molecule has 2 rings (SSSR count). The number of carboxylic acids is 1. The Labute approximate surface area is 136 Å². The summed E-state index contributed by atoms with van der Waals surface area (Å²) in [7, 11) is 0. The van der Waals surface area contributed by atoms with Crippen molar-refractivity contribution in [3.05, 3.63) is 40.3 Å². The average molecular weight is 333 g/mol. The summed E-state index contributed by atoms with van der Waals surface area (Å²) in [5, 5.41) is 22.0. The van der Waals surface area contributed by atoms with Crippen LogP contribution in [-0.4, -0.2) is 34.1 Å². The second kappa shape index (κ2) is 7.50.